The number of carboxylic acids is 1. The van der Waals surface area contributed by atoms with Crippen molar-refractivity contribution in [2.24, 2.45) is 5.92 Å². The van der Waals surface area contributed by atoms with Crippen molar-refractivity contribution in [3.8, 4) is 0 Å². The van der Waals surface area contributed by atoms with Gasteiger partial charge in [-0.15, -0.1) is 0 Å². The van der Waals surface area contributed by atoms with Gasteiger partial charge in [0.1, 0.15) is 0 Å². The molecule has 0 radical (unpaired) electrons. The first-order valence-corrected chi connectivity index (χ1v) is 5.80. The van der Waals surface area contributed by atoms with Crippen molar-refractivity contribution in [2.45, 2.75) is 39.3 Å². The van der Waals surface area contributed by atoms with E-state index < -0.39 is 5.97 Å². The third kappa shape index (κ3) is 2.92. The van der Waals surface area contributed by atoms with Gasteiger partial charge >= 0.3 is 5.97 Å². The second kappa shape index (κ2) is 5.47. The van der Waals surface area contributed by atoms with Crippen LogP contribution in [0.15, 0.2) is 0 Å². The van der Waals surface area contributed by atoms with Gasteiger partial charge in [-0.2, -0.15) is 0 Å². The molecule has 0 bridgehead atoms. The minimum atomic E-state index is -0.675. The van der Waals surface area contributed by atoms with Gasteiger partial charge in [0, 0.05) is 18.6 Å². The van der Waals surface area contributed by atoms with E-state index >= 15 is 0 Å². The summed E-state index contributed by atoms with van der Waals surface area (Å²) in [6.45, 7) is 8.76. The third-order valence-electron chi connectivity index (χ3n) is 3.34. The first-order chi connectivity index (χ1) is 7.10. The molecule has 1 saturated heterocycles. The molecule has 1 rings (SSSR count). The zero-order valence-corrected chi connectivity index (χ0v) is 9.86. The van der Waals surface area contributed by atoms with E-state index in [9.17, 15) is 4.79 Å². The van der Waals surface area contributed by atoms with Crippen molar-refractivity contribution >= 4 is 5.97 Å². The van der Waals surface area contributed by atoms with E-state index in [1.54, 1.807) is 0 Å². The number of hydrogen-bond acceptors (Lipinski definition) is 3. The molecule has 0 aliphatic carbocycles. The fourth-order valence-corrected chi connectivity index (χ4v) is 2.42. The van der Waals surface area contributed by atoms with Crippen LogP contribution in [0.5, 0.6) is 0 Å². The van der Waals surface area contributed by atoms with Crippen LogP contribution in [-0.4, -0.2) is 47.7 Å². The zero-order valence-electron chi connectivity index (χ0n) is 9.86. The summed E-state index contributed by atoms with van der Waals surface area (Å²) in [4.78, 5) is 13.4. The molecule has 1 fully saturated rings. The van der Waals surface area contributed by atoms with Gasteiger partial charge in [-0.1, -0.05) is 13.8 Å². The molecular weight excluding hydrogens is 192 g/mol. The Morgan fingerprint density at radius 3 is 2.53 bits per heavy atom. The van der Waals surface area contributed by atoms with E-state index in [0.717, 1.165) is 19.5 Å². The molecule has 0 aromatic carbocycles. The Balaban J connectivity index is 2.73. The quantitative estimate of drug-likeness (QED) is 0.726. The molecule has 0 spiro atoms. The molecule has 1 aliphatic heterocycles. The van der Waals surface area contributed by atoms with E-state index in [1.807, 2.05) is 0 Å². The fourth-order valence-electron chi connectivity index (χ4n) is 2.42. The molecule has 0 amide bonds. The Hall–Kier alpha value is -0.610. The van der Waals surface area contributed by atoms with E-state index in [4.69, 9.17) is 5.11 Å². The van der Waals surface area contributed by atoms with E-state index in [0.29, 0.717) is 12.6 Å². The fraction of sp³-hybridized carbons (Fsp3) is 0.909. The Morgan fingerprint density at radius 1 is 1.47 bits per heavy atom. The maximum atomic E-state index is 11.1. The molecule has 88 valence electrons. The summed E-state index contributed by atoms with van der Waals surface area (Å²) in [5, 5.41) is 12.4. The van der Waals surface area contributed by atoms with Gasteiger partial charge in [0.05, 0.1) is 5.92 Å². The van der Waals surface area contributed by atoms with Gasteiger partial charge in [0.15, 0.2) is 0 Å². The van der Waals surface area contributed by atoms with Gasteiger partial charge in [0.2, 0.25) is 0 Å². The molecule has 15 heavy (non-hydrogen) atoms. The standard InChI is InChI=1S/C11H22N2O2/c1-4-13(5-2)10-6-8(3)12-7-9(10)11(14)15/h8-10,12H,4-7H2,1-3H3,(H,14,15). The Labute approximate surface area is 91.6 Å². The summed E-state index contributed by atoms with van der Waals surface area (Å²) in [6, 6.07) is 0.611. The van der Waals surface area contributed by atoms with Crippen LogP contribution in [0.3, 0.4) is 0 Å². The second-order valence-corrected chi connectivity index (χ2v) is 4.28. The topological polar surface area (TPSA) is 52.6 Å². The summed E-state index contributed by atoms with van der Waals surface area (Å²) in [6.07, 6.45) is 0.929. The Morgan fingerprint density at radius 2 is 2.07 bits per heavy atom. The van der Waals surface area contributed by atoms with Gasteiger partial charge in [0.25, 0.3) is 0 Å². The van der Waals surface area contributed by atoms with Crippen LogP contribution in [-0.2, 0) is 4.79 Å². The lowest BCUT2D eigenvalue weighted by molar-refractivity contribution is -0.145. The predicted octanol–water partition coefficient (Wildman–Crippen LogP) is 0.779. The Kier molecular flexibility index (Phi) is 4.54. The number of carbonyl (C=O) groups is 1. The Bertz CT molecular complexity index is 217. The normalized spacial score (nSPS) is 31.9. The highest BCUT2D eigenvalue weighted by Gasteiger charge is 2.35. The van der Waals surface area contributed by atoms with Crippen LogP contribution < -0.4 is 5.32 Å². The largest absolute Gasteiger partial charge is 0.481 e. The molecule has 1 aliphatic rings. The lowest BCUT2D eigenvalue weighted by Gasteiger charge is -2.40. The summed E-state index contributed by atoms with van der Waals surface area (Å²) in [7, 11) is 0. The minimum Gasteiger partial charge on any atom is -0.481 e. The second-order valence-electron chi connectivity index (χ2n) is 4.28. The molecule has 4 heteroatoms. The summed E-state index contributed by atoms with van der Waals surface area (Å²) in [5.74, 6) is -0.938. The number of carboxylic acid groups (broad SMARTS) is 1. The van der Waals surface area contributed by atoms with E-state index in [-0.39, 0.29) is 12.0 Å². The first kappa shape index (κ1) is 12.5. The lowest BCUT2D eigenvalue weighted by Crippen LogP contribution is -2.55. The van der Waals surface area contributed by atoms with Crippen LogP contribution in [0.25, 0.3) is 0 Å². The maximum absolute atomic E-state index is 11.1. The highest BCUT2D eigenvalue weighted by Crippen LogP contribution is 2.21. The van der Waals surface area contributed by atoms with Crippen molar-refractivity contribution in [1.82, 2.24) is 10.2 Å². The van der Waals surface area contributed by atoms with Crippen molar-refractivity contribution in [1.29, 1.82) is 0 Å². The van der Waals surface area contributed by atoms with Crippen molar-refractivity contribution < 1.29 is 9.90 Å². The maximum Gasteiger partial charge on any atom is 0.309 e. The first-order valence-electron chi connectivity index (χ1n) is 5.80. The highest BCUT2D eigenvalue weighted by molar-refractivity contribution is 5.71. The molecule has 3 atom stereocenters. The highest BCUT2D eigenvalue weighted by atomic mass is 16.4. The van der Waals surface area contributed by atoms with Crippen LogP contribution in [0.4, 0.5) is 0 Å². The summed E-state index contributed by atoms with van der Waals surface area (Å²) in [5.41, 5.74) is 0. The molecule has 0 aromatic heterocycles. The summed E-state index contributed by atoms with van der Waals surface area (Å²) < 4.78 is 0. The van der Waals surface area contributed by atoms with Gasteiger partial charge in [-0.3, -0.25) is 9.69 Å². The average Bonchev–Trinajstić information content (AvgIpc) is 2.19. The van der Waals surface area contributed by atoms with Gasteiger partial charge in [-0.05, 0) is 26.4 Å². The van der Waals surface area contributed by atoms with Crippen LogP contribution in [0.2, 0.25) is 0 Å². The monoisotopic (exact) mass is 214 g/mol. The minimum absolute atomic E-state index is 0.189. The van der Waals surface area contributed by atoms with Crippen LogP contribution in [0.1, 0.15) is 27.2 Å². The molecule has 0 saturated carbocycles. The average molecular weight is 214 g/mol. The van der Waals surface area contributed by atoms with Crippen molar-refractivity contribution in [3.05, 3.63) is 0 Å². The lowest BCUT2D eigenvalue weighted by atomic mass is 9.88. The smallest absolute Gasteiger partial charge is 0.309 e. The van der Waals surface area contributed by atoms with Crippen molar-refractivity contribution in [2.75, 3.05) is 19.6 Å². The van der Waals surface area contributed by atoms with Crippen LogP contribution in [0, 0.1) is 5.92 Å². The van der Waals surface area contributed by atoms with E-state index in [2.05, 4.69) is 31.0 Å². The molecular formula is C11H22N2O2. The van der Waals surface area contributed by atoms with E-state index in [1.165, 1.54) is 0 Å². The van der Waals surface area contributed by atoms with Crippen molar-refractivity contribution in [3.63, 3.8) is 0 Å². The van der Waals surface area contributed by atoms with Gasteiger partial charge < -0.3 is 10.4 Å². The van der Waals surface area contributed by atoms with Crippen LogP contribution >= 0.6 is 0 Å². The molecule has 4 nitrogen and oxygen atoms in total. The van der Waals surface area contributed by atoms with Gasteiger partial charge in [-0.25, -0.2) is 0 Å². The summed E-state index contributed by atoms with van der Waals surface area (Å²) >= 11 is 0. The number of nitrogens with one attached hydrogen (secondary N) is 1. The number of piperidine rings is 1. The number of rotatable bonds is 4. The molecule has 2 N–H and O–H groups in total. The zero-order chi connectivity index (χ0) is 11.4. The number of aliphatic carboxylic acids is 1. The molecule has 1 heterocycles. The third-order valence-corrected chi connectivity index (χ3v) is 3.34. The molecule has 0 aromatic rings. The molecule has 3 unspecified atom stereocenters. The SMILES string of the molecule is CCN(CC)C1CC(C)NCC1C(=O)O. The number of hydrogen-bond donors (Lipinski definition) is 2. The number of nitrogens with zero attached hydrogens (tertiary/aromatic N) is 1. The predicted molar refractivity (Wildman–Crippen MR) is 59.9 cm³/mol.